The van der Waals surface area contributed by atoms with Crippen molar-refractivity contribution >= 4 is 23.6 Å². The molecular formula is C10H12N2O4S. The summed E-state index contributed by atoms with van der Waals surface area (Å²) in [5, 5.41) is 12.2. The van der Waals surface area contributed by atoms with Gasteiger partial charge < -0.3 is 14.5 Å². The van der Waals surface area contributed by atoms with E-state index in [2.05, 4.69) is 9.68 Å². The zero-order valence-corrected chi connectivity index (χ0v) is 9.90. The van der Waals surface area contributed by atoms with E-state index in [9.17, 15) is 9.59 Å². The fraction of sp³-hybridized carbons (Fsp3) is 0.500. The highest BCUT2D eigenvalue weighted by Gasteiger charge is 2.22. The first-order valence-corrected chi connectivity index (χ1v) is 6.41. The van der Waals surface area contributed by atoms with Gasteiger partial charge in [-0.1, -0.05) is 5.16 Å². The Balaban J connectivity index is 2.09. The van der Waals surface area contributed by atoms with Gasteiger partial charge in [0.15, 0.2) is 5.69 Å². The second-order valence-electron chi connectivity index (χ2n) is 3.64. The average Bonchev–Trinajstić information content (AvgIpc) is 2.65. The van der Waals surface area contributed by atoms with Gasteiger partial charge in [0, 0.05) is 24.9 Å². The Morgan fingerprint density at radius 2 is 2.24 bits per heavy atom. The van der Waals surface area contributed by atoms with E-state index in [0.29, 0.717) is 13.1 Å². The Morgan fingerprint density at radius 1 is 1.41 bits per heavy atom. The Kier molecular flexibility index (Phi) is 3.68. The van der Waals surface area contributed by atoms with Crippen LogP contribution in [0.5, 0.6) is 0 Å². The van der Waals surface area contributed by atoms with E-state index in [1.165, 1.54) is 6.07 Å². The van der Waals surface area contributed by atoms with Crippen LogP contribution >= 0.6 is 11.8 Å². The molecule has 2 rings (SSSR count). The number of carboxylic acids is 1. The molecular weight excluding hydrogens is 244 g/mol. The van der Waals surface area contributed by atoms with E-state index in [1.807, 2.05) is 11.8 Å². The normalized spacial score (nSPS) is 16.6. The highest BCUT2D eigenvalue weighted by molar-refractivity contribution is 7.99. The molecule has 6 nitrogen and oxygen atoms in total. The molecule has 0 saturated carbocycles. The molecule has 1 N–H and O–H groups in total. The number of nitrogens with zero attached hydrogens (tertiary/aromatic N) is 2. The van der Waals surface area contributed by atoms with Crippen molar-refractivity contribution in [2.45, 2.75) is 6.42 Å². The minimum Gasteiger partial charge on any atom is -0.475 e. The molecule has 2 heterocycles. The first kappa shape index (κ1) is 12.0. The molecule has 1 aromatic rings. The predicted molar refractivity (Wildman–Crippen MR) is 61.3 cm³/mol. The fourth-order valence-electron chi connectivity index (χ4n) is 1.59. The summed E-state index contributed by atoms with van der Waals surface area (Å²) in [6.45, 7) is 1.35. The van der Waals surface area contributed by atoms with E-state index in [4.69, 9.17) is 5.11 Å². The number of carbonyl (C=O) groups is 2. The van der Waals surface area contributed by atoms with Gasteiger partial charge in [-0.25, -0.2) is 4.79 Å². The van der Waals surface area contributed by atoms with Crippen molar-refractivity contribution in [3.63, 3.8) is 0 Å². The first-order chi connectivity index (χ1) is 8.18. The Hall–Kier alpha value is -1.50. The van der Waals surface area contributed by atoms with E-state index < -0.39 is 5.97 Å². The lowest BCUT2D eigenvalue weighted by Gasteiger charge is -2.17. The van der Waals surface area contributed by atoms with Crippen LogP contribution in [0.4, 0.5) is 0 Å². The molecule has 17 heavy (non-hydrogen) atoms. The van der Waals surface area contributed by atoms with Crippen molar-refractivity contribution in [3.8, 4) is 0 Å². The number of hydrogen-bond acceptors (Lipinski definition) is 5. The minimum absolute atomic E-state index is 0.0642. The molecule has 1 fully saturated rings. The molecule has 1 aliphatic heterocycles. The number of rotatable bonds is 2. The van der Waals surface area contributed by atoms with Gasteiger partial charge in [0.1, 0.15) is 0 Å². The van der Waals surface area contributed by atoms with E-state index >= 15 is 0 Å². The Bertz CT molecular complexity index is 424. The van der Waals surface area contributed by atoms with Crippen molar-refractivity contribution in [1.29, 1.82) is 0 Å². The maximum atomic E-state index is 12.0. The summed E-state index contributed by atoms with van der Waals surface area (Å²) in [5.41, 5.74) is 0.0642. The largest absolute Gasteiger partial charge is 0.475 e. The summed E-state index contributed by atoms with van der Waals surface area (Å²) >= 11 is 1.81. The smallest absolute Gasteiger partial charge is 0.374 e. The van der Waals surface area contributed by atoms with Crippen molar-refractivity contribution in [1.82, 2.24) is 10.1 Å². The molecule has 92 valence electrons. The molecule has 1 aliphatic rings. The summed E-state index contributed by atoms with van der Waals surface area (Å²) < 4.78 is 4.57. The summed E-state index contributed by atoms with van der Waals surface area (Å²) in [7, 11) is 0. The number of thioether (sulfide) groups is 1. The van der Waals surface area contributed by atoms with Gasteiger partial charge >= 0.3 is 5.97 Å². The lowest BCUT2D eigenvalue weighted by Crippen LogP contribution is -2.33. The number of carboxylic acid groups (broad SMARTS) is 1. The summed E-state index contributed by atoms with van der Waals surface area (Å²) in [6, 6.07) is 1.17. The predicted octanol–water partition coefficient (Wildman–Crippen LogP) is 0.952. The molecule has 0 atom stereocenters. The molecule has 7 heteroatoms. The SMILES string of the molecule is O=C(O)c1cc(C(=O)N2CCCSCC2)no1. The zero-order valence-electron chi connectivity index (χ0n) is 9.09. The maximum Gasteiger partial charge on any atom is 0.374 e. The van der Waals surface area contributed by atoms with Crippen molar-refractivity contribution in [2.24, 2.45) is 0 Å². The standard InChI is InChI=1S/C10H12N2O4S/c13-9(12-2-1-4-17-5-3-12)7-6-8(10(14)15)16-11-7/h6H,1-5H2,(H,14,15). The Morgan fingerprint density at radius 3 is 2.94 bits per heavy atom. The number of aromatic nitrogens is 1. The second kappa shape index (κ2) is 5.22. The van der Waals surface area contributed by atoms with Gasteiger partial charge in [-0.15, -0.1) is 0 Å². The number of aromatic carboxylic acids is 1. The fourth-order valence-corrected chi connectivity index (χ4v) is 2.47. The molecule has 0 unspecified atom stereocenters. The van der Waals surface area contributed by atoms with Crippen molar-refractivity contribution in [3.05, 3.63) is 17.5 Å². The van der Waals surface area contributed by atoms with Gasteiger partial charge in [-0.05, 0) is 12.2 Å². The lowest BCUT2D eigenvalue weighted by atomic mass is 10.3. The van der Waals surface area contributed by atoms with Crippen LogP contribution < -0.4 is 0 Å². The second-order valence-corrected chi connectivity index (χ2v) is 4.86. The van der Waals surface area contributed by atoms with E-state index in [-0.39, 0.29) is 17.4 Å². The number of amides is 1. The van der Waals surface area contributed by atoms with Crippen LogP contribution in [-0.2, 0) is 0 Å². The highest BCUT2D eigenvalue weighted by Crippen LogP contribution is 2.13. The minimum atomic E-state index is -1.22. The van der Waals surface area contributed by atoms with Crippen LogP contribution in [0.2, 0.25) is 0 Å². The molecule has 0 spiro atoms. The van der Waals surface area contributed by atoms with Crippen LogP contribution in [-0.4, -0.2) is 51.6 Å². The quantitative estimate of drug-likeness (QED) is 0.848. The molecule has 1 amide bonds. The highest BCUT2D eigenvalue weighted by atomic mass is 32.2. The molecule has 0 aromatic carbocycles. The monoisotopic (exact) mass is 256 g/mol. The van der Waals surface area contributed by atoms with Gasteiger partial charge in [-0.2, -0.15) is 11.8 Å². The molecule has 1 saturated heterocycles. The van der Waals surface area contributed by atoms with E-state index in [1.54, 1.807) is 4.90 Å². The molecule has 1 aromatic heterocycles. The summed E-state index contributed by atoms with van der Waals surface area (Å²) in [6.07, 6.45) is 0.944. The Labute approximate surface area is 102 Å². The lowest BCUT2D eigenvalue weighted by molar-refractivity contribution is 0.0649. The third-order valence-electron chi connectivity index (χ3n) is 2.45. The molecule has 0 bridgehead atoms. The maximum absolute atomic E-state index is 12.0. The average molecular weight is 256 g/mol. The van der Waals surface area contributed by atoms with Gasteiger partial charge in [-0.3, -0.25) is 4.79 Å². The number of hydrogen-bond donors (Lipinski definition) is 1. The van der Waals surface area contributed by atoms with Crippen LogP contribution in [0.15, 0.2) is 10.6 Å². The third kappa shape index (κ3) is 2.79. The summed E-state index contributed by atoms with van der Waals surface area (Å²) in [4.78, 5) is 24.3. The zero-order chi connectivity index (χ0) is 12.3. The van der Waals surface area contributed by atoms with Gasteiger partial charge in [0.05, 0.1) is 0 Å². The molecule has 0 radical (unpaired) electrons. The van der Waals surface area contributed by atoms with Crippen LogP contribution in [0, 0.1) is 0 Å². The number of carbonyl (C=O) groups excluding carboxylic acids is 1. The van der Waals surface area contributed by atoms with Crippen molar-refractivity contribution < 1.29 is 19.2 Å². The first-order valence-electron chi connectivity index (χ1n) is 5.25. The van der Waals surface area contributed by atoms with E-state index in [0.717, 1.165) is 17.9 Å². The van der Waals surface area contributed by atoms with Gasteiger partial charge in [0.2, 0.25) is 5.76 Å². The molecule has 0 aliphatic carbocycles. The van der Waals surface area contributed by atoms with Crippen molar-refractivity contribution in [2.75, 3.05) is 24.6 Å². The van der Waals surface area contributed by atoms with Gasteiger partial charge in [0.25, 0.3) is 5.91 Å². The van der Waals surface area contributed by atoms with Crippen LogP contribution in [0.1, 0.15) is 27.5 Å². The summed E-state index contributed by atoms with van der Waals surface area (Å²) in [5.74, 6) is 0.155. The van der Waals surface area contributed by atoms with Crippen LogP contribution in [0.25, 0.3) is 0 Å². The topological polar surface area (TPSA) is 83.6 Å². The third-order valence-corrected chi connectivity index (χ3v) is 3.50. The van der Waals surface area contributed by atoms with Crippen LogP contribution in [0.3, 0.4) is 0 Å².